The second-order valence-corrected chi connectivity index (χ2v) is 12.9. The van der Waals surface area contributed by atoms with Crippen LogP contribution in [0, 0.1) is 11.3 Å². The lowest BCUT2D eigenvalue weighted by Crippen LogP contribution is -2.40. The van der Waals surface area contributed by atoms with Crippen molar-refractivity contribution in [2.45, 2.75) is 117 Å². The fourth-order valence-corrected chi connectivity index (χ4v) is 6.65. The molecule has 2 saturated carbocycles. The van der Waals surface area contributed by atoms with E-state index in [1.54, 1.807) is 6.92 Å². The third-order valence-corrected chi connectivity index (χ3v) is 9.70. The van der Waals surface area contributed by atoms with Crippen molar-refractivity contribution in [3.05, 3.63) is 59.2 Å². The predicted molar refractivity (Wildman–Crippen MR) is 163 cm³/mol. The topological polar surface area (TPSA) is 52.6 Å². The summed E-state index contributed by atoms with van der Waals surface area (Å²) < 4.78 is 12.3. The van der Waals surface area contributed by atoms with Gasteiger partial charge in [-0.15, -0.1) is 0 Å². The van der Waals surface area contributed by atoms with Crippen LogP contribution < -0.4 is 9.47 Å². The molecule has 0 N–H and O–H groups in total. The predicted octanol–water partition coefficient (Wildman–Crippen LogP) is 8.95. The molecule has 2 aromatic carbocycles. The fraction of sp³-hybridized carbons (Fsp3) is 0.611. The molecular weight excluding hydrogens is 496 g/mol. The van der Waals surface area contributed by atoms with Gasteiger partial charge in [0, 0.05) is 23.3 Å². The fourth-order valence-electron chi connectivity index (χ4n) is 6.65. The summed E-state index contributed by atoms with van der Waals surface area (Å²) in [6.45, 7) is 13.7. The summed E-state index contributed by atoms with van der Waals surface area (Å²) >= 11 is 0. The van der Waals surface area contributed by atoms with E-state index in [9.17, 15) is 9.59 Å². The monoisotopic (exact) mass is 546 g/mol. The van der Waals surface area contributed by atoms with Crippen molar-refractivity contribution >= 4 is 11.6 Å². The van der Waals surface area contributed by atoms with Crippen molar-refractivity contribution in [3.63, 3.8) is 0 Å². The van der Waals surface area contributed by atoms with Crippen molar-refractivity contribution in [2.24, 2.45) is 11.3 Å². The number of benzene rings is 2. The second-order valence-electron chi connectivity index (χ2n) is 12.9. The number of ether oxygens (including phenoxy) is 2. The molecule has 0 saturated heterocycles. The Labute approximate surface area is 242 Å². The minimum absolute atomic E-state index is 0.00286. The Balaban J connectivity index is 1.61. The highest BCUT2D eigenvalue weighted by Gasteiger charge is 2.45. The molecule has 0 amide bonds. The summed E-state index contributed by atoms with van der Waals surface area (Å²) in [5.41, 5.74) is 3.21. The quantitative estimate of drug-likeness (QED) is 0.211. The molecule has 40 heavy (non-hydrogen) atoms. The smallest absolute Gasteiger partial charge is 0.137 e. The van der Waals surface area contributed by atoms with E-state index in [1.807, 2.05) is 13.8 Å². The average Bonchev–Trinajstić information content (AvgIpc) is 3.74. The second kappa shape index (κ2) is 12.9. The van der Waals surface area contributed by atoms with Crippen LogP contribution in [0.5, 0.6) is 11.5 Å². The van der Waals surface area contributed by atoms with E-state index in [1.165, 1.54) is 24.0 Å². The highest BCUT2D eigenvalue weighted by atomic mass is 16.5. The minimum Gasteiger partial charge on any atom is -0.493 e. The standard InChI is InChI=1S/C36H50O4/c1-7-39-32-22-28(23-33(40-8-2)34(32)27-17-18-27)25(3)30(31(38)24-36(26(4)37)20-13-21-36)16-12-19-35(5,6)29-14-10-9-11-15-29/h9-11,14-15,22-23,25,27,30H,7-8,12-13,16-21,24H2,1-6H3/t25-,30?/m1/s1. The first-order valence-electron chi connectivity index (χ1n) is 15.6. The highest BCUT2D eigenvalue weighted by molar-refractivity contribution is 5.91. The Morgan fingerprint density at radius 2 is 1.60 bits per heavy atom. The van der Waals surface area contributed by atoms with Gasteiger partial charge in [0.1, 0.15) is 23.1 Å². The van der Waals surface area contributed by atoms with E-state index in [0.717, 1.165) is 55.6 Å². The van der Waals surface area contributed by atoms with Crippen LogP contribution in [0.25, 0.3) is 0 Å². The molecule has 0 bridgehead atoms. The third-order valence-electron chi connectivity index (χ3n) is 9.70. The van der Waals surface area contributed by atoms with Gasteiger partial charge in [0.15, 0.2) is 0 Å². The molecule has 2 aromatic rings. The Bertz CT molecular complexity index is 1130. The number of Topliss-reactive ketones (excluding diaryl/α,β-unsaturated/α-hetero) is 2. The number of carbonyl (C=O) groups is 2. The Morgan fingerprint density at radius 3 is 2.08 bits per heavy atom. The van der Waals surface area contributed by atoms with Gasteiger partial charge in [-0.1, -0.05) is 63.9 Å². The van der Waals surface area contributed by atoms with Crippen molar-refractivity contribution in [3.8, 4) is 11.5 Å². The molecule has 2 aliphatic carbocycles. The summed E-state index contributed by atoms with van der Waals surface area (Å²) in [5, 5.41) is 0. The van der Waals surface area contributed by atoms with Gasteiger partial charge in [-0.25, -0.2) is 0 Å². The minimum atomic E-state index is -0.443. The largest absolute Gasteiger partial charge is 0.493 e. The lowest BCUT2D eigenvalue weighted by molar-refractivity contribution is -0.139. The lowest BCUT2D eigenvalue weighted by Gasteiger charge is -2.40. The molecule has 4 nitrogen and oxygen atoms in total. The first-order chi connectivity index (χ1) is 19.1. The van der Waals surface area contributed by atoms with Gasteiger partial charge in [0.2, 0.25) is 0 Å². The number of hydrogen-bond acceptors (Lipinski definition) is 4. The molecule has 0 spiro atoms. The first-order valence-corrected chi connectivity index (χ1v) is 15.6. The maximum Gasteiger partial charge on any atom is 0.137 e. The Morgan fingerprint density at radius 1 is 1.00 bits per heavy atom. The summed E-state index contributed by atoms with van der Waals surface area (Å²) in [6.07, 6.45) is 8.19. The van der Waals surface area contributed by atoms with Gasteiger partial charge in [-0.05, 0) is 99.8 Å². The number of carbonyl (C=O) groups excluding carboxylic acids is 2. The Kier molecular flexibility index (Phi) is 9.80. The summed E-state index contributed by atoms with van der Waals surface area (Å²) in [6, 6.07) is 15.0. The van der Waals surface area contributed by atoms with Gasteiger partial charge >= 0.3 is 0 Å². The number of ketones is 2. The Hall–Kier alpha value is -2.62. The molecule has 1 unspecified atom stereocenters. The van der Waals surface area contributed by atoms with Crippen LogP contribution in [-0.2, 0) is 15.0 Å². The maximum atomic E-state index is 14.1. The van der Waals surface area contributed by atoms with Crippen molar-refractivity contribution in [2.75, 3.05) is 13.2 Å². The summed E-state index contributed by atoms with van der Waals surface area (Å²) in [5.74, 6) is 2.58. The maximum absolute atomic E-state index is 14.1. The van der Waals surface area contributed by atoms with Crippen molar-refractivity contribution in [1.82, 2.24) is 0 Å². The van der Waals surface area contributed by atoms with Gasteiger partial charge in [0.05, 0.1) is 13.2 Å². The molecule has 0 radical (unpaired) electrons. The average molecular weight is 547 g/mol. The molecule has 2 atom stereocenters. The lowest BCUT2D eigenvalue weighted by atomic mass is 9.62. The van der Waals surface area contributed by atoms with E-state index < -0.39 is 5.41 Å². The number of rotatable bonds is 16. The van der Waals surface area contributed by atoms with Crippen molar-refractivity contribution < 1.29 is 19.1 Å². The summed E-state index contributed by atoms with van der Waals surface area (Å²) in [7, 11) is 0. The van der Waals surface area contributed by atoms with Crippen LogP contribution in [0.1, 0.15) is 128 Å². The van der Waals surface area contributed by atoms with Crippen LogP contribution >= 0.6 is 0 Å². The zero-order chi connectivity index (χ0) is 28.9. The molecule has 2 fully saturated rings. The highest BCUT2D eigenvalue weighted by Crippen LogP contribution is 2.51. The number of hydrogen-bond donors (Lipinski definition) is 0. The molecule has 0 aliphatic heterocycles. The first kappa shape index (κ1) is 30.3. The third kappa shape index (κ3) is 6.81. The van der Waals surface area contributed by atoms with E-state index >= 15 is 0 Å². The van der Waals surface area contributed by atoms with E-state index in [-0.39, 0.29) is 28.8 Å². The zero-order valence-corrected chi connectivity index (χ0v) is 25.7. The van der Waals surface area contributed by atoms with Gasteiger partial charge in [-0.3, -0.25) is 9.59 Å². The van der Waals surface area contributed by atoms with E-state index in [2.05, 4.69) is 63.2 Å². The van der Waals surface area contributed by atoms with Crippen LogP contribution in [0.15, 0.2) is 42.5 Å². The van der Waals surface area contributed by atoms with Crippen molar-refractivity contribution in [1.29, 1.82) is 0 Å². The van der Waals surface area contributed by atoms with Crippen LogP contribution in [0.4, 0.5) is 0 Å². The molecule has 4 rings (SSSR count). The molecule has 0 heterocycles. The van der Waals surface area contributed by atoms with E-state index in [4.69, 9.17) is 9.47 Å². The van der Waals surface area contributed by atoms with Crippen LogP contribution in [-0.4, -0.2) is 24.8 Å². The van der Waals surface area contributed by atoms with E-state index in [0.29, 0.717) is 25.6 Å². The van der Waals surface area contributed by atoms with Gasteiger partial charge in [-0.2, -0.15) is 0 Å². The molecule has 2 aliphatic rings. The summed E-state index contributed by atoms with van der Waals surface area (Å²) in [4.78, 5) is 26.7. The van der Waals surface area contributed by atoms with Crippen LogP contribution in [0.2, 0.25) is 0 Å². The van der Waals surface area contributed by atoms with Gasteiger partial charge < -0.3 is 9.47 Å². The normalized spacial score (nSPS) is 17.9. The zero-order valence-electron chi connectivity index (χ0n) is 25.7. The SMILES string of the molecule is CCOc1cc([C@@H](C)C(CCCC(C)(C)c2ccccc2)C(=O)CC2(C(C)=O)CCC2)cc(OCC)c1C1CC1. The van der Waals surface area contributed by atoms with Gasteiger partial charge in [0.25, 0.3) is 0 Å². The molecular formula is C36H50O4. The molecule has 0 aromatic heterocycles. The molecule has 218 valence electrons. The van der Waals surface area contributed by atoms with Crippen LogP contribution in [0.3, 0.4) is 0 Å². The molecule has 4 heteroatoms.